The van der Waals surface area contributed by atoms with Crippen molar-refractivity contribution in [2.45, 2.75) is 32.1 Å². The third kappa shape index (κ3) is 5.72. The van der Waals surface area contributed by atoms with Crippen LogP contribution in [-0.4, -0.2) is 43.0 Å². The quantitative estimate of drug-likeness (QED) is 0.774. The predicted molar refractivity (Wildman–Crippen MR) is 110 cm³/mol. The van der Waals surface area contributed by atoms with Crippen molar-refractivity contribution in [2.75, 3.05) is 32.1 Å². The average molecular weight is 420 g/mol. The number of nitrogens with zero attached hydrogens (tertiary/aromatic N) is 3. The fraction of sp³-hybridized carbons (Fsp3) is 0.455. The lowest BCUT2D eigenvalue weighted by Gasteiger charge is -2.32. The van der Waals surface area contributed by atoms with Crippen molar-refractivity contribution in [2.24, 2.45) is 5.92 Å². The first-order valence-electron chi connectivity index (χ1n) is 10.0. The molecule has 1 aliphatic heterocycles. The number of aromatic nitrogens is 1. The molecular formula is C22H27F3N4O. The van der Waals surface area contributed by atoms with Crippen LogP contribution in [0.3, 0.4) is 0 Å². The summed E-state index contributed by atoms with van der Waals surface area (Å²) in [6.45, 7) is 2.48. The Kier molecular flexibility index (Phi) is 6.97. The summed E-state index contributed by atoms with van der Waals surface area (Å²) in [5, 5.41) is 3.04. The zero-order chi connectivity index (χ0) is 21.7. The lowest BCUT2D eigenvalue weighted by Crippen LogP contribution is -2.40. The highest BCUT2D eigenvalue weighted by Gasteiger charge is 2.31. The number of carbonyl (C=O) groups excluding carboxylic acids is 1. The third-order valence-electron chi connectivity index (χ3n) is 5.32. The van der Waals surface area contributed by atoms with Gasteiger partial charge in [-0.3, -0.25) is 4.79 Å². The summed E-state index contributed by atoms with van der Waals surface area (Å²) in [5.41, 5.74) is 1.53. The van der Waals surface area contributed by atoms with Crippen molar-refractivity contribution in [3.8, 4) is 0 Å². The minimum Gasteiger partial charge on any atom is -0.357 e. The van der Waals surface area contributed by atoms with Crippen molar-refractivity contribution >= 4 is 11.7 Å². The van der Waals surface area contributed by atoms with E-state index in [1.165, 1.54) is 11.6 Å². The van der Waals surface area contributed by atoms with Gasteiger partial charge in [-0.2, -0.15) is 13.2 Å². The number of anilines is 1. The maximum Gasteiger partial charge on any atom is 0.417 e. The van der Waals surface area contributed by atoms with E-state index >= 15 is 0 Å². The molecule has 0 bridgehead atoms. The Balaban J connectivity index is 1.51. The molecule has 2 aromatic rings. The van der Waals surface area contributed by atoms with Crippen molar-refractivity contribution in [3.63, 3.8) is 0 Å². The van der Waals surface area contributed by atoms with Gasteiger partial charge in [-0.05, 0) is 50.2 Å². The van der Waals surface area contributed by atoms with E-state index in [1.807, 2.05) is 37.2 Å². The van der Waals surface area contributed by atoms with Crippen LogP contribution in [0.5, 0.6) is 0 Å². The molecule has 2 heterocycles. The second kappa shape index (κ2) is 9.47. The Morgan fingerprint density at radius 1 is 1.13 bits per heavy atom. The highest BCUT2D eigenvalue weighted by molar-refractivity contribution is 5.79. The topological polar surface area (TPSA) is 48.5 Å². The van der Waals surface area contributed by atoms with Crippen LogP contribution in [0.1, 0.15) is 29.5 Å². The maximum atomic E-state index is 12.7. The fourth-order valence-electron chi connectivity index (χ4n) is 3.66. The van der Waals surface area contributed by atoms with Gasteiger partial charge in [0, 0.05) is 38.3 Å². The molecule has 1 aliphatic rings. The molecule has 1 N–H and O–H groups in total. The second-order valence-corrected chi connectivity index (χ2v) is 7.89. The van der Waals surface area contributed by atoms with E-state index in [1.54, 1.807) is 0 Å². The zero-order valence-electron chi connectivity index (χ0n) is 17.2. The van der Waals surface area contributed by atoms with E-state index in [0.29, 0.717) is 38.3 Å². The SMILES string of the molecule is CN(C)Cc1ccccc1CNC(=O)C1CCN(c2ccc(C(F)(F)F)cn2)CC1. The van der Waals surface area contributed by atoms with E-state index in [-0.39, 0.29) is 11.8 Å². The molecule has 3 rings (SSSR count). The number of amides is 1. The number of halogens is 3. The minimum atomic E-state index is -4.39. The van der Waals surface area contributed by atoms with Gasteiger partial charge in [-0.25, -0.2) is 4.98 Å². The number of carbonyl (C=O) groups is 1. The van der Waals surface area contributed by atoms with Crippen LogP contribution in [0.4, 0.5) is 19.0 Å². The van der Waals surface area contributed by atoms with E-state index < -0.39 is 11.7 Å². The average Bonchev–Trinajstić information content (AvgIpc) is 2.72. The molecule has 0 aliphatic carbocycles. The van der Waals surface area contributed by atoms with Gasteiger partial charge in [0.1, 0.15) is 5.82 Å². The Morgan fingerprint density at radius 3 is 2.37 bits per heavy atom. The van der Waals surface area contributed by atoms with Crippen LogP contribution >= 0.6 is 0 Å². The first-order chi connectivity index (χ1) is 14.2. The standard InChI is InChI=1S/C22H27F3N4O/c1-28(2)15-18-6-4-3-5-17(18)13-27-21(30)16-9-11-29(12-10-16)20-8-7-19(14-26-20)22(23,24)25/h3-8,14,16H,9-13,15H2,1-2H3,(H,27,30). The lowest BCUT2D eigenvalue weighted by atomic mass is 9.95. The summed E-state index contributed by atoms with van der Waals surface area (Å²) in [6, 6.07) is 10.5. The zero-order valence-corrected chi connectivity index (χ0v) is 17.2. The van der Waals surface area contributed by atoms with E-state index in [9.17, 15) is 18.0 Å². The molecule has 0 radical (unpaired) electrons. The van der Waals surface area contributed by atoms with E-state index in [0.717, 1.165) is 24.4 Å². The van der Waals surface area contributed by atoms with Crippen LogP contribution in [0, 0.1) is 5.92 Å². The number of piperidine rings is 1. The van der Waals surface area contributed by atoms with Gasteiger partial charge in [0.25, 0.3) is 0 Å². The van der Waals surface area contributed by atoms with Gasteiger partial charge in [0.2, 0.25) is 5.91 Å². The van der Waals surface area contributed by atoms with E-state index in [2.05, 4.69) is 21.3 Å². The Hall–Kier alpha value is -2.61. The van der Waals surface area contributed by atoms with Gasteiger partial charge < -0.3 is 15.1 Å². The predicted octanol–water partition coefficient (Wildman–Crippen LogP) is 3.69. The van der Waals surface area contributed by atoms with Crippen molar-refractivity contribution < 1.29 is 18.0 Å². The molecule has 1 fully saturated rings. The number of rotatable bonds is 6. The van der Waals surface area contributed by atoms with Crippen LogP contribution < -0.4 is 10.2 Å². The molecule has 1 aromatic heterocycles. The molecule has 1 aromatic carbocycles. The number of hydrogen-bond acceptors (Lipinski definition) is 4. The molecule has 162 valence electrons. The van der Waals surface area contributed by atoms with Gasteiger partial charge in [-0.1, -0.05) is 24.3 Å². The first-order valence-corrected chi connectivity index (χ1v) is 10.0. The molecule has 0 atom stereocenters. The summed E-state index contributed by atoms with van der Waals surface area (Å²) in [7, 11) is 4.02. The number of nitrogens with one attached hydrogen (secondary N) is 1. The summed E-state index contributed by atoms with van der Waals surface area (Å²) in [6.07, 6.45) is -2.23. The third-order valence-corrected chi connectivity index (χ3v) is 5.32. The summed E-state index contributed by atoms with van der Waals surface area (Å²) in [4.78, 5) is 20.6. The molecule has 0 spiro atoms. The van der Waals surface area contributed by atoms with Crippen molar-refractivity contribution in [3.05, 3.63) is 59.3 Å². The smallest absolute Gasteiger partial charge is 0.357 e. The maximum absolute atomic E-state index is 12.7. The summed E-state index contributed by atoms with van der Waals surface area (Å²) >= 11 is 0. The molecule has 1 saturated heterocycles. The van der Waals surface area contributed by atoms with Crippen LogP contribution in [0.2, 0.25) is 0 Å². The Bertz CT molecular complexity index is 844. The second-order valence-electron chi connectivity index (χ2n) is 7.89. The summed E-state index contributed by atoms with van der Waals surface area (Å²) in [5.74, 6) is 0.436. The van der Waals surface area contributed by atoms with Crippen molar-refractivity contribution in [1.82, 2.24) is 15.2 Å². The molecule has 0 saturated carbocycles. The molecule has 0 unspecified atom stereocenters. The van der Waals surface area contributed by atoms with Crippen molar-refractivity contribution in [1.29, 1.82) is 0 Å². The number of alkyl halides is 3. The minimum absolute atomic E-state index is 0.0229. The van der Waals surface area contributed by atoms with Gasteiger partial charge in [-0.15, -0.1) is 0 Å². The van der Waals surface area contributed by atoms with E-state index in [4.69, 9.17) is 0 Å². The van der Waals surface area contributed by atoms with Crippen LogP contribution in [0.25, 0.3) is 0 Å². The summed E-state index contributed by atoms with van der Waals surface area (Å²) < 4.78 is 38.1. The Morgan fingerprint density at radius 2 is 1.80 bits per heavy atom. The molecule has 5 nitrogen and oxygen atoms in total. The lowest BCUT2D eigenvalue weighted by molar-refractivity contribution is -0.137. The highest BCUT2D eigenvalue weighted by atomic mass is 19.4. The number of hydrogen-bond donors (Lipinski definition) is 1. The number of benzene rings is 1. The van der Waals surface area contributed by atoms with Gasteiger partial charge in [0.15, 0.2) is 0 Å². The largest absolute Gasteiger partial charge is 0.417 e. The molecule has 1 amide bonds. The first kappa shape index (κ1) is 22.1. The normalized spacial score (nSPS) is 15.5. The van der Waals surface area contributed by atoms with Crippen LogP contribution in [0.15, 0.2) is 42.6 Å². The molecule has 30 heavy (non-hydrogen) atoms. The molecular weight excluding hydrogens is 393 g/mol. The Labute approximate surface area is 174 Å². The van der Waals surface area contributed by atoms with Crippen LogP contribution in [-0.2, 0) is 24.1 Å². The highest BCUT2D eigenvalue weighted by Crippen LogP contribution is 2.30. The van der Waals surface area contributed by atoms with Gasteiger partial charge in [0.05, 0.1) is 5.56 Å². The molecule has 8 heteroatoms. The fourth-order valence-corrected chi connectivity index (χ4v) is 3.66. The number of pyridine rings is 1. The monoisotopic (exact) mass is 420 g/mol. The van der Waals surface area contributed by atoms with Gasteiger partial charge >= 0.3 is 6.18 Å².